The van der Waals surface area contributed by atoms with Crippen molar-refractivity contribution in [3.63, 3.8) is 0 Å². The molecule has 4 saturated carbocycles. The molecular weight excluding hydrogens is 382 g/mol. The van der Waals surface area contributed by atoms with Crippen LogP contribution in [0.1, 0.15) is 51.0 Å². The first-order valence-corrected chi connectivity index (χ1v) is 11.0. The standard InChI is InChI=1S/C24H29NO5/c1-15(24-10-17-6-18(11-24)8-19(7-17)12-24)25-22(26)13-28-23(27)5-3-16-2-4-20-21(9-16)30-14-29-20/h2-5,9,15,17-19H,6-8,10-14H2,1H3,(H,25,26)/b5-3+/t15-,17?,18?,19?,24?/m0/s1. The van der Waals surface area contributed by atoms with Crippen molar-refractivity contribution in [2.24, 2.45) is 23.2 Å². The molecule has 1 amide bonds. The van der Waals surface area contributed by atoms with Gasteiger partial charge in [-0.1, -0.05) is 6.07 Å². The number of nitrogens with one attached hydrogen (secondary N) is 1. The number of hydrogen-bond acceptors (Lipinski definition) is 5. The van der Waals surface area contributed by atoms with E-state index >= 15 is 0 Å². The minimum atomic E-state index is -0.537. The summed E-state index contributed by atoms with van der Waals surface area (Å²) >= 11 is 0. The Morgan fingerprint density at radius 2 is 1.80 bits per heavy atom. The molecule has 4 fully saturated rings. The molecule has 6 nitrogen and oxygen atoms in total. The Kier molecular flexibility index (Phi) is 4.95. The average Bonchev–Trinajstić information content (AvgIpc) is 3.17. The third kappa shape index (κ3) is 3.80. The molecule has 0 spiro atoms. The molecule has 0 aromatic heterocycles. The van der Waals surface area contributed by atoms with Crippen molar-refractivity contribution >= 4 is 18.0 Å². The summed E-state index contributed by atoms with van der Waals surface area (Å²) < 4.78 is 15.7. The van der Waals surface area contributed by atoms with Crippen LogP contribution >= 0.6 is 0 Å². The van der Waals surface area contributed by atoms with Gasteiger partial charge in [0, 0.05) is 12.1 Å². The van der Waals surface area contributed by atoms with Crippen LogP contribution < -0.4 is 14.8 Å². The van der Waals surface area contributed by atoms with Gasteiger partial charge in [-0.25, -0.2) is 4.79 Å². The molecule has 0 saturated heterocycles. The normalized spacial score (nSPS) is 31.7. The Hall–Kier alpha value is -2.50. The van der Waals surface area contributed by atoms with E-state index in [4.69, 9.17) is 14.2 Å². The van der Waals surface area contributed by atoms with E-state index in [1.165, 1.54) is 44.6 Å². The van der Waals surface area contributed by atoms with Gasteiger partial charge in [0.05, 0.1) is 0 Å². The summed E-state index contributed by atoms with van der Waals surface area (Å²) in [5.74, 6) is 3.12. The van der Waals surface area contributed by atoms with Gasteiger partial charge in [0.25, 0.3) is 5.91 Å². The van der Waals surface area contributed by atoms with E-state index in [1.807, 2.05) is 6.07 Å². The molecule has 160 valence electrons. The van der Waals surface area contributed by atoms with Crippen LogP contribution in [0.3, 0.4) is 0 Å². The van der Waals surface area contributed by atoms with Crippen LogP contribution in [-0.2, 0) is 14.3 Å². The van der Waals surface area contributed by atoms with Crippen molar-refractivity contribution in [3.8, 4) is 11.5 Å². The zero-order valence-electron chi connectivity index (χ0n) is 17.4. The highest BCUT2D eigenvalue weighted by molar-refractivity contribution is 5.89. The van der Waals surface area contributed by atoms with Crippen molar-refractivity contribution in [1.82, 2.24) is 5.32 Å². The fraction of sp³-hybridized carbons (Fsp3) is 0.583. The molecule has 6 rings (SSSR count). The van der Waals surface area contributed by atoms with Gasteiger partial charge in [0.2, 0.25) is 6.79 Å². The maximum absolute atomic E-state index is 12.4. The van der Waals surface area contributed by atoms with Crippen molar-refractivity contribution in [1.29, 1.82) is 0 Å². The van der Waals surface area contributed by atoms with Gasteiger partial charge in [-0.3, -0.25) is 4.79 Å². The van der Waals surface area contributed by atoms with Crippen molar-refractivity contribution < 1.29 is 23.8 Å². The average molecular weight is 411 g/mol. The molecule has 1 atom stereocenters. The number of benzene rings is 1. The van der Waals surface area contributed by atoms with E-state index in [1.54, 1.807) is 18.2 Å². The molecule has 5 aliphatic rings. The highest BCUT2D eigenvalue weighted by Gasteiger charge is 2.53. The first-order chi connectivity index (χ1) is 14.5. The number of rotatable bonds is 6. The number of carbonyl (C=O) groups excluding carboxylic acids is 2. The van der Waals surface area contributed by atoms with Gasteiger partial charge in [0.15, 0.2) is 18.1 Å². The number of ether oxygens (including phenoxy) is 3. The molecule has 4 aliphatic carbocycles. The summed E-state index contributed by atoms with van der Waals surface area (Å²) in [6.45, 7) is 2.09. The van der Waals surface area contributed by atoms with Crippen molar-refractivity contribution in [2.75, 3.05) is 13.4 Å². The molecule has 1 N–H and O–H groups in total. The molecule has 1 heterocycles. The number of esters is 1. The maximum Gasteiger partial charge on any atom is 0.331 e. The third-order valence-corrected chi connectivity index (χ3v) is 7.54. The second kappa shape index (κ2) is 7.64. The lowest BCUT2D eigenvalue weighted by atomic mass is 9.48. The SMILES string of the molecule is C[C@H](NC(=O)COC(=O)/C=C/c1ccc2c(c1)OCO2)C12CC3CC(CC(C3)C1)C2. The lowest BCUT2D eigenvalue weighted by Gasteiger charge is -2.59. The van der Waals surface area contributed by atoms with E-state index in [0.717, 1.165) is 23.3 Å². The van der Waals surface area contributed by atoms with Crippen molar-refractivity contribution in [3.05, 3.63) is 29.8 Å². The molecular formula is C24H29NO5. The highest BCUT2D eigenvalue weighted by Crippen LogP contribution is 2.61. The Labute approximate surface area is 177 Å². The van der Waals surface area contributed by atoms with Crippen LogP contribution in [0.5, 0.6) is 11.5 Å². The van der Waals surface area contributed by atoms with Crippen LogP contribution in [0.25, 0.3) is 6.08 Å². The quantitative estimate of drug-likeness (QED) is 0.571. The summed E-state index contributed by atoms with van der Waals surface area (Å²) in [4.78, 5) is 24.4. The molecule has 0 unspecified atom stereocenters. The summed E-state index contributed by atoms with van der Waals surface area (Å²) in [5, 5.41) is 3.12. The number of hydrogen-bond donors (Lipinski definition) is 1. The lowest BCUT2D eigenvalue weighted by Crippen LogP contribution is -2.56. The molecule has 1 aromatic rings. The van der Waals surface area contributed by atoms with E-state index in [2.05, 4.69) is 12.2 Å². The Balaban J connectivity index is 1.11. The van der Waals surface area contributed by atoms with Crippen LogP contribution in [0.15, 0.2) is 24.3 Å². The molecule has 1 aliphatic heterocycles. The largest absolute Gasteiger partial charge is 0.454 e. The molecule has 0 radical (unpaired) electrons. The zero-order valence-corrected chi connectivity index (χ0v) is 17.4. The second-order valence-corrected chi connectivity index (χ2v) is 9.62. The van der Waals surface area contributed by atoms with Crippen LogP contribution in [0.2, 0.25) is 0 Å². The summed E-state index contributed by atoms with van der Waals surface area (Å²) in [6.07, 6.45) is 10.8. The second-order valence-electron chi connectivity index (χ2n) is 9.62. The number of amides is 1. The van der Waals surface area contributed by atoms with Gasteiger partial charge in [-0.2, -0.15) is 0 Å². The monoisotopic (exact) mass is 411 g/mol. The van der Waals surface area contributed by atoms with Crippen LogP contribution in [-0.4, -0.2) is 31.3 Å². The number of fused-ring (bicyclic) bond motifs is 1. The van der Waals surface area contributed by atoms with Gasteiger partial charge >= 0.3 is 5.97 Å². The Morgan fingerprint density at radius 1 is 1.13 bits per heavy atom. The van der Waals surface area contributed by atoms with Crippen LogP contribution in [0, 0.1) is 23.2 Å². The van der Waals surface area contributed by atoms with E-state index < -0.39 is 5.97 Å². The van der Waals surface area contributed by atoms with E-state index in [-0.39, 0.29) is 30.8 Å². The minimum Gasteiger partial charge on any atom is -0.454 e. The minimum absolute atomic E-state index is 0.126. The zero-order chi connectivity index (χ0) is 20.7. The fourth-order valence-electron chi connectivity index (χ4n) is 6.51. The van der Waals surface area contributed by atoms with Crippen LogP contribution in [0.4, 0.5) is 0 Å². The Bertz CT molecular complexity index is 841. The van der Waals surface area contributed by atoms with E-state index in [9.17, 15) is 9.59 Å². The first-order valence-electron chi connectivity index (χ1n) is 11.0. The predicted octanol–water partition coefficient (Wildman–Crippen LogP) is 3.69. The fourth-order valence-corrected chi connectivity index (χ4v) is 6.51. The molecule has 4 bridgehead atoms. The topological polar surface area (TPSA) is 73.9 Å². The number of carbonyl (C=O) groups is 2. The molecule has 1 aromatic carbocycles. The smallest absolute Gasteiger partial charge is 0.331 e. The van der Waals surface area contributed by atoms with Gasteiger partial charge in [-0.05, 0) is 92.4 Å². The predicted molar refractivity (Wildman–Crippen MR) is 111 cm³/mol. The van der Waals surface area contributed by atoms with E-state index in [0.29, 0.717) is 11.5 Å². The molecule has 6 heteroatoms. The van der Waals surface area contributed by atoms with Gasteiger partial charge < -0.3 is 19.5 Å². The first kappa shape index (κ1) is 19.5. The maximum atomic E-state index is 12.4. The summed E-state index contributed by atoms with van der Waals surface area (Å²) in [5.41, 5.74) is 1.05. The van der Waals surface area contributed by atoms with Crippen molar-refractivity contribution in [2.45, 2.75) is 51.5 Å². The Morgan fingerprint density at radius 3 is 2.50 bits per heavy atom. The molecule has 30 heavy (non-hydrogen) atoms. The lowest BCUT2D eigenvalue weighted by molar-refractivity contribution is -0.145. The van der Waals surface area contributed by atoms with Gasteiger partial charge in [0.1, 0.15) is 0 Å². The summed E-state index contributed by atoms with van der Waals surface area (Å²) in [7, 11) is 0. The summed E-state index contributed by atoms with van der Waals surface area (Å²) in [6, 6.07) is 5.55. The third-order valence-electron chi connectivity index (χ3n) is 7.54. The highest BCUT2D eigenvalue weighted by atomic mass is 16.7. The van der Waals surface area contributed by atoms with Gasteiger partial charge in [-0.15, -0.1) is 0 Å².